The third-order valence-corrected chi connectivity index (χ3v) is 6.08. The van der Waals surface area contributed by atoms with Crippen molar-refractivity contribution in [1.29, 1.82) is 0 Å². The fourth-order valence-corrected chi connectivity index (χ4v) is 4.17. The Hall–Kier alpha value is -5.03. The summed E-state index contributed by atoms with van der Waals surface area (Å²) in [5, 5.41) is 0. The van der Waals surface area contributed by atoms with Crippen molar-refractivity contribution < 1.29 is 52.4 Å². The summed E-state index contributed by atoms with van der Waals surface area (Å²) in [6.45, 7) is 1.79. The van der Waals surface area contributed by atoms with Crippen molar-refractivity contribution in [1.82, 2.24) is 0 Å². The highest BCUT2D eigenvalue weighted by molar-refractivity contribution is 5.91. The van der Waals surface area contributed by atoms with Gasteiger partial charge in [-0.05, 0) is 36.4 Å². The number of benzene rings is 3. The number of carbonyl (C=O) groups excluding carboxylic acids is 5. The number of esters is 5. The Kier molecular flexibility index (Phi) is 10.0. The number of carbonyl (C=O) groups is 5. The molecule has 1 aliphatic rings. The van der Waals surface area contributed by atoms with Gasteiger partial charge >= 0.3 is 29.8 Å². The minimum absolute atomic E-state index is 0.144. The van der Waals surface area contributed by atoms with Crippen LogP contribution in [0.4, 0.5) is 0 Å². The van der Waals surface area contributed by atoms with Crippen molar-refractivity contribution in [3.8, 4) is 0 Å². The van der Waals surface area contributed by atoms with E-state index in [4.69, 9.17) is 28.4 Å². The Morgan fingerprint density at radius 1 is 0.548 bits per heavy atom. The number of rotatable bonds is 9. The van der Waals surface area contributed by atoms with E-state index in [2.05, 4.69) is 0 Å². The summed E-state index contributed by atoms with van der Waals surface area (Å²) in [6, 6.07) is 23.8. The molecule has 0 N–H and O–H groups in total. The molecule has 0 radical (unpaired) electrons. The van der Waals surface area contributed by atoms with Crippen LogP contribution in [0.2, 0.25) is 0 Å². The highest BCUT2D eigenvalue weighted by Gasteiger charge is 2.54. The smallest absolute Gasteiger partial charge is 0.338 e. The van der Waals surface area contributed by atoms with Gasteiger partial charge in [0.15, 0.2) is 12.2 Å². The topological polar surface area (TPSA) is 141 Å². The fourth-order valence-electron chi connectivity index (χ4n) is 4.17. The van der Waals surface area contributed by atoms with E-state index in [9.17, 15) is 24.0 Å². The zero-order chi connectivity index (χ0) is 30.1. The molecule has 1 aliphatic heterocycles. The maximum absolute atomic E-state index is 13.3. The van der Waals surface area contributed by atoms with Crippen LogP contribution in [0.15, 0.2) is 91.0 Å². The fraction of sp³-hybridized carbons (Fsp3) is 0.258. The first kappa shape index (κ1) is 29.9. The SMILES string of the molecule is CC(=O)OCC1O[C@H](OC(C)=O)[C@@H](OC(=O)c2ccccc2)[C@H](OC(=O)c2ccccc2)C1OC(=O)c1ccccc1. The minimum atomic E-state index is -1.63. The molecule has 0 saturated carbocycles. The van der Waals surface area contributed by atoms with Crippen molar-refractivity contribution in [3.63, 3.8) is 0 Å². The van der Waals surface area contributed by atoms with Gasteiger partial charge in [0.05, 0.1) is 16.7 Å². The summed E-state index contributed by atoms with van der Waals surface area (Å²) in [5.74, 6) is -4.01. The van der Waals surface area contributed by atoms with Gasteiger partial charge in [-0.25, -0.2) is 14.4 Å². The molecular weight excluding hydrogens is 548 g/mol. The molecule has 218 valence electrons. The van der Waals surface area contributed by atoms with E-state index in [0.717, 1.165) is 13.8 Å². The molecule has 2 unspecified atom stereocenters. The average Bonchev–Trinajstić information content (AvgIpc) is 2.99. The predicted molar refractivity (Wildman–Crippen MR) is 144 cm³/mol. The van der Waals surface area contributed by atoms with Crippen LogP contribution in [0.5, 0.6) is 0 Å². The molecule has 42 heavy (non-hydrogen) atoms. The first-order valence-corrected chi connectivity index (χ1v) is 13.0. The van der Waals surface area contributed by atoms with Crippen molar-refractivity contribution >= 4 is 29.8 Å². The standard InChI is InChI=1S/C31H28O11/c1-19(32)37-18-24-25(40-28(34)21-12-6-3-7-13-21)26(41-29(35)22-14-8-4-9-15-22)27(31(39-24)38-20(2)33)42-30(36)23-16-10-5-11-17-23/h3-17,24-27,31H,18H2,1-2H3/t24?,25?,26-,27+,31+/m1/s1. The second kappa shape index (κ2) is 14.0. The van der Waals surface area contributed by atoms with E-state index >= 15 is 0 Å². The minimum Gasteiger partial charge on any atom is -0.463 e. The molecule has 0 aliphatic carbocycles. The van der Waals surface area contributed by atoms with E-state index in [1.165, 1.54) is 36.4 Å². The van der Waals surface area contributed by atoms with Crippen molar-refractivity contribution in [2.24, 2.45) is 0 Å². The molecule has 4 rings (SSSR count). The molecule has 0 amide bonds. The molecule has 0 aromatic heterocycles. The van der Waals surface area contributed by atoms with Crippen LogP contribution in [0, 0.1) is 0 Å². The lowest BCUT2D eigenvalue weighted by atomic mass is 9.97. The Labute approximate surface area is 241 Å². The van der Waals surface area contributed by atoms with Crippen LogP contribution in [0.1, 0.15) is 44.9 Å². The summed E-state index contributed by atoms with van der Waals surface area (Å²) in [7, 11) is 0. The quantitative estimate of drug-likeness (QED) is 0.273. The van der Waals surface area contributed by atoms with Gasteiger partial charge in [-0.3, -0.25) is 9.59 Å². The van der Waals surface area contributed by atoms with Crippen LogP contribution in [0.3, 0.4) is 0 Å². The molecule has 1 saturated heterocycles. The zero-order valence-corrected chi connectivity index (χ0v) is 22.7. The largest absolute Gasteiger partial charge is 0.463 e. The van der Waals surface area contributed by atoms with Gasteiger partial charge in [0, 0.05) is 13.8 Å². The molecule has 11 nitrogen and oxygen atoms in total. The van der Waals surface area contributed by atoms with E-state index < -0.39 is 67.2 Å². The molecule has 11 heteroatoms. The Morgan fingerprint density at radius 2 is 0.952 bits per heavy atom. The number of hydrogen-bond donors (Lipinski definition) is 0. The van der Waals surface area contributed by atoms with Gasteiger partial charge in [0.2, 0.25) is 12.4 Å². The Balaban J connectivity index is 1.76. The summed E-state index contributed by atoms with van der Waals surface area (Å²) >= 11 is 0. The van der Waals surface area contributed by atoms with Crippen molar-refractivity contribution in [2.75, 3.05) is 6.61 Å². The highest BCUT2D eigenvalue weighted by atomic mass is 16.7. The average molecular weight is 577 g/mol. The first-order valence-electron chi connectivity index (χ1n) is 13.0. The summed E-state index contributed by atoms with van der Waals surface area (Å²) in [4.78, 5) is 63.4. The van der Waals surface area contributed by atoms with Crippen LogP contribution >= 0.6 is 0 Å². The Morgan fingerprint density at radius 3 is 1.36 bits per heavy atom. The van der Waals surface area contributed by atoms with Crippen LogP contribution in [0.25, 0.3) is 0 Å². The molecule has 5 atom stereocenters. The molecular formula is C31H28O11. The van der Waals surface area contributed by atoms with Gasteiger partial charge in [0.25, 0.3) is 0 Å². The van der Waals surface area contributed by atoms with Crippen LogP contribution in [-0.2, 0) is 38.0 Å². The van der Waals surface area contributed by atoms with Crippen molar-refractivity contribution in [3.05, 3.63) is 108 Å². The lowest BCUT2D eigenvalue weighted by Crippen LogP contribution is -2.63. The molecule has 1 fully saturated rings. The lowest BCUT2D eigenvalue weighted by molar-refractivity contribution is -0.290. The number of hydrogen-bond acceptors (Lipinski definition) is 11. The van der Waals surface area contributed by atoms with E-state index in [1.807, 2.05) is 0 Å². The molecule has 0 spiro atoms. The molecule has 3 aromatic rings. The second-order valence-corrected chi connectivity index (χ2v) is 9.16. The van der Waals surface area contributed by atoms with Crippen LogP contribution in [-0.4, -0.2) is 67.2 Å². The third-order valence-electron chi connectivity index (χ3n) is 6.08. The normalized spacial score (nSPS) is 21.3. The van der Waals surface area contributed by atoms with E-state index in [0.29, 0.717) is 0 Å². The summed E-state index contributed by atoms with van der Waals surface area (Å²) in [6.07, 6.45) is -7.58. The predicted octanol–water partition coefficient (Wildman–Crippen LogP) is 3.51. The van der Waals surface area contributed by atoms with Gasteiger partial charge in [0.1, 0.15) is 12.7 Å². The van der Waals surface area contributed by atoms with Gasteiger partial charge < -0.3 is 28.4 Å². The molecule has 1 heterocycles. The van der Waals surface area contributed by atoms with Crippen molar-refractivity contribution in [2.45, 2.75) is 44.6 Å². The third kappa shape index (κ3) is 7.79. The highest BCUT2D eigenvalue weighted by Crippen LogP contribution is 2.31. The first-order chi connectivity index (χ1) is 20.2. The monoisotopic (exact) mass is 576 g/mol. The van der Waals surface area contributed by atoms with E-state index in [1.54, 1.807) is 54.6 Å². The lowest BCUT2D eigenvalue weighted by Gasteiger charge is -2.43. The van der Waals surface area contributed by atoms with Gasteiger partial charge in [-0.2, -0.15) is 0 Å². The van der Waals surface area contributed by atoms with Gasteiger partial charge in [-0.1, -0.05) is 54.6 Å². The second-order valence-electron chi connectivity index (χ2n) is 9.16. The summed E-state index contributed by atoms with van der Waals surface area (Å²) < 4.78 is 33.7. The summed E-state index contributed by atoms with van der Waals surface area (Å²) in [5.41, 5.74) is 0.453. The maximum atomic E-state index is 13.3. The maximum Gasteiger partial charge on any atom is 0.338 e. The van der Waals surface area contributed by atoms with Gasteiger partial charge in [-0.15, -0.1) is 0 Å². The Bertz CT molecular complexity index is 1390. The van der Waals surface area contributed by atoms with Crippen LogP contribution < -0.4 is 0 Å². The molecule has 3 aromatic carbocycles. The van der Waals surface area contributed by atoms with E-state index in [-0.39, 0.29) is 16.7 Å². The molecule has 0 bridgehead atoms. The number of ether oxygens (including phenoxy) is 6. The zero-order valence-electron chi connectivity index (χ0n) is 22.7.